The van der Waals surface area contributed by atoms with Crippen molar-refractivity contribution in [2.45, 2.75) is 76.5 Å². The fourth-order valence-electron chi connectivity index (χ4n) is 7.23. The van der Waals surface area contributed by atoms with Crippen LogP contribution in [-0.2, 0) is 19.3 Å². The monoisotopic (exact) mass is 772 g/mol. The summed E-state index contributed by atoms with van der Waals surface area (Å²) >= 11 is 0. The van der Waals surface area contributed by atoms with Crippen LogP contribution >= 0.6 is 8.53 Å². The lowest BCUT2D eigenvalue weighted by atomic mass is 9.76. The molecule has 1 amide bonds. The Morgan fingerprint density at radius 3 is 1.91 bits per heavy atom. The average molecular weight is 773 g/mol. The molecule has 2 heterocycles. The molecule has 11 nitrogen and oxygen atoms in total. The molecule has 1 aliphatic rings. The molecule has 0 bridgehead atoms. The molecule has 290 valence electrons. The maximum absolute atomic E-state index is 13.7. The van der Waals surface area contributed by atoms with Crippen molar-refractivity contribution >= 4 is 20.3 Å². The van der Waals surface area contributed by atoms with E-state index in [1.165, 1.54) is 4.57 Å². The fourth-order valence-corrected chi connectivity index (χ4v) is 8.85. The molecule has 1 aliphatic heterocycles. The van der Waals surface area contributed by atoms with Crippen molar-refractivity contribution in [2.24, 2.45) is 0 Å². The Morgan fingerprint density at radius 1 is 0.875 bits per heavy atom. The van der Waals surface area contributed by atoms with Crippen LogP contribution in [-0.4, -0.2) is 57.6 Å². The molecular weight excluding hydrogens is 723 g/mol. The first-order valence-corrected chi connectivity index (χ1v) is 20.1. The predicted octanol–water partition coefficient (Wildman–Crippen LogP) is 8.03. The number of amides is 1. The minimum Gasteiger partial charge on any atom is -0.351 e. The van der Waals surface area contributed by atoms with Crippen molar-refractivity contribution in [1.82, 2.24) is 19.5 Å². The van der Waals surface area contributed by atoms with E-state index in [1.54, 1.807) is 36.5 Å². The summed E-state index contributed by atoms with van der Waals surface area (Å²) in [5.41, 5.74) is 2.17. The number of carbonyl (C=O) groups is 1. The number of carbonyl (C=O) groups excluding carboxylic acids is 1. The zero-order chi connectivity index (χ0) is 39.5. The topological polar surface area (TPSA) is 131 Å². The van der Waals surface area contributed by atoms with Gasteiger partial charge in [0, 0.05) is 36.3 Å². The van der Waals surface area contributed by atoms with Crippen molar-refractivity contribution in [3.8, 4) is 6.07 Å². The Kier molecular flexibility index (Phi) is 13.9. The van der Waals surface area contributed by atoms with E-state index < -0.39 is 32.1 Å². The number of ether oxygens (including phenoxy) is 1. The number of hydrogen-bond acceptors (Lipinski definition) is 9. The molecule has 1 aromatic heterocycles. The van der Waals surface area contributed by atoms with E-state index in [-0.39, 0.29) is 49.5 Å². The SMILES string of the molecule is CC(C)N(C(C)C)P(OCCC#N)OC[C@H]1O[C@@H](n2ccc(NC(=O)c3ccccc3)nc2=O)C[C@@H]1NC(c1ccccc1)(c1ccccc1)c1ccccc1. The van der Waals surface area contributed by atoms with Crippen LogP contribution in [0.3, 0.4) is 0 Å². The summed E-state index contributed by atoms with van der Waals surface area (Å²) in [4.78, 5) is 30.7. The van der Waals surface area contributed by atoms with Crippen molar-refractivity contribution in [2.75, 3.05) is 18.5 Å². The Bertz CT molecular complexity index is 1990. The highest BCUT2D eigenvalue weighted by Crippen LogP contribution is 2.47. The average Bonchev–Trinajstić information content (AvgIpc) is 3.61. The van der Waals surface area contributed by atoms with Gasteiger partial charge in [-0.2, -0.15) is 10.2 Å². The normalized spacial score (nSPS) is 17.6. The van der Waals surface area contributed by atoms with Gasteiger partial charge in [-0.15, -0.1) is 0 Å². The summed E-state index contributed by atoms with van der Waals surface area (Å²) in [6, 6.07) is 43.3. The summed E-state index contributed by atoms with van der Waals surface area (Å²) in [6.07, 6.45) is 0.980. The van der Waals surface area contributed by atoms with Crippen LogP contribution in [0.2, 0.25) is 0 Å². The molecule has 1 unspecified atom stereocenters. The summed E-state index contributed by atoms with van der Waals surface area (Å²) in [7, 11) is -1.57. The van der Waals surface area contributed by atoms with E-state index >= 15 is 0 Å². The van der Waals surface area contributed by atoms with E-state index in [0.717, 1.165) is 16.7 Å². The molecule has 56 heavy (non-hydrogen) atoms. The third kappa shape index (κ3) is 9.48. The maximum atomic E-state index is 13.7. The van der Waals surface area contributed by atoms with Crippen molar-refractivity contribution in [3.05, 3.63) is 166 Å². The highest BCUT2D eigenvalue weighted by molar-refractivity contribution is 7.44. The lowest BCUT2D eigenvalue weighted by molar-refractivity contribution is -0.0277. The van der Waals surface area contributed by atoms with Gasteiger partial charge in [0.1, 0.15) is 12.0 Å². The molecule has 6 rings (SSSR count). The van der Waals surface area contributed by atoms with Gasteiger partial charge in [0.25, 0.3) is 14.4 Å². The minimum atomic E-state index is -1.57. The number of hydrogen-bond donors (Lipinski definition) is 2. The van der Waals surface area contributed by atoms with Gasteiger partial charge >= 0.3 is 5.69 Å². The lowest BCUT2D eigenvalue weighted by Crippen LogP contribution is -2.53. The van der Waals surface area contributed by atoms with Gasteiger partial charge in [-0.05, 0) is 62.6 Å². The highest BCUT2D eigenvalue weighted by atomic mass is 31.2. The second-order valence-electron chi connectivity index (χ2n) is 14.1. The van der Waals surface area contributed by atoms with Crippen molar-refractivity contribution in [3.63, 3.8) is 0 Å². The molecule has 12 heteroatoms. The van der Waals surface area contributed by atoms with Crippen LogP contribution in [0.5, 0.6) is 0 Å². The van der Waals surface area contributed by atoms with Gasteiger partial charge in [0.15, 0.2) is 0 Å². The number of rotatable bonds is 17. The Morgan fingerprint density at radius 2 is 1.41 bits per heavy atom. The zero-order valence-corrected chi connectivity index (χ0v) is 33.1. The van der Waals surface area contributed by atoms with Gasteiger partial charge in [0.05, 0.1) is 37.3 Å². The number of nitrogens with zero attached hydrogens (tertiary/aromatic N) is 4. The Balaban J connectivity index is 1.37. The smallest absolute Gasteiger partial charge is 0.351 e. The number of aromatic nitrogens is 2. The van der Waals surface area contributed by atoms with Crippen LogP contribution < -0.4 is 16.3 Å². The molecule has 0 spiro atoms. The second kappa shape index (κ2) is 19.2. The number of nitrogens with one attached hydrogen (secondary N) is 2. The first-order valence-electron chi connectivity index (χ1n) is 19.0. The molecule has 1 saturated heterocycles. The quantitative estimate of drug-likeness (QED) is 0.0548. The second-order valence-corrected chi connectivity index (χ2v) is 15.6. The Labute approximate surface area is 330 Å². The maximum Gasteiger partial charge on any atom is 0.351 e. The van der Waals surface area contributed by atoms with Crippen molar-refractivity contribution < 1.29 is 18.6 Å². The molecule has 4 atom stereocenters. The third-order valence-corrected chi connectivity index (χ3v) is 11.8. The largest absolute Gasteiger partial charge is 0.351 e. The van der Waals surface area contributed by atoms with E-state index in [4.69, 9.17) is 13.8 Å². The molecular formula is C44H49N6O5P. The van der Waals surface area contributed by atoms with E-state index in [2.05, 4.69) is 90.5 Å². The van der Waals surface area contributed by atoms with E-state index in [0.29, 0.717) is 12.0 Å². The molecule has 5 aromatic rings. The van der Waals surface area contributed by atoms with E-state index in [9.17, 15) is 14.9 Å². The standard InChI is InChI=1S/C44H49N6O5P/c1-32(2)50(33(3)4)56(53-29-17-27-45)54-31-39-38(30-41(55-39)49-28-26-40(47-43(49)52)46-42(51)34-18-9-5-10-19-34)48-44(35-20-11-6-12-21-35,36-22-13-7-14-23-36)37-24-15-8-16-25-37/h5-16,18-26,28,32-33,38-39,41,48H,17,29-31H2,1-4H3,(H,46,47,51,52)/t38-,39+,41+,56?/m0/s1. The molecule has 4 aromatic carbocycles. The van der Waals surface area contributed by atoms with Crippen LogP contribution in [0, 0.1) is 11.3 Å². The summed E-state index contributed by atoms with van der Waals surface area (Å²) < 4.78 is 23.4. The zero-order valence-electron chi connectivity index (χ0n) is 32.2. The molecule has 0 aliphatic carbocycles. The van der Waals surface area contributed by atoms with Gasteiger partial charge in [-0.3, -0.25) is 14.7 Å². The highest BCUT2D eigenvalue weighted by Gasteiger charge is 2.45. The first kappa shape index (κ1) is 40.6. The van der Waals surface area contributed by atoms with Gasteiger partial charge in [0.2, 0.25) is 0 Å². The van der Waals surface area contributed by atoms with Gasteiger partial charge in [-0.25, -0.2) is 9.46 Å². The minimum absolute atomic E-state index is 0.113. The third-order valence-electron chi connectivity index (χ3n) is 9.69. The molecule has 0 saturated carbocycles. The van der Waals surface area contributed by atoms with Crippen molar-refractivity contribution in [1.29, 1.82) is 5.26 Å². The van der Waals surface area contributed by atoms with E-state index in [1.807, 2.05) is 60.7 Å². The summed E-state index contributed by atoms with van der Waals surface area (Å²) in [5, 5.41) is 16.1. The van der Waals surface area contributed by atoms with Gasteiger partial charge < -0.3 is 19.1 Å². The van der Waals surface area contributed by atoms with Gasteiger partial charge in [-0.1, -0.05) is 109 Å². The summed E-state index contributed by atoms with van der Waals surface area (Å²) in [5.74, 6) is -0.218. The molecule has 2 N–H and O–H groups in total. The predicted molar refractivity (Wildman–Crippen MR) is 219 cm³/mol. The van der Waals surface area contributed by atoms with Crippen LogP contribution in [0.4, 0.5) is 5.82 Å². The first-order chi connectivity index (χ1) is 27.2. The Hall–Kier alpha value is -5.05. The number of benzene rings is 4. The molecule has 0 radical (unpaired) electrons. The number of nitriles is 1. The van der Waals surface area contributed by atoms with Crippen LogP contribution in [0.15, 0.2) is 138 Å². The summed E-state index contributed by atoms with van der Waals surface area (Å²) in [6.45, 7) is 8.76. The number of anilines is 1. The van der Waals surface area contributed by atoms with Crippen LogP contribution in [0.25, 0.3) is 0 Å². The molecule has 1 fully saturated rings. The van der Waals surface area contributed by atoms with Crippen LogP contribution in [0.1, 0.15) is 73.8 Å². The lowest BCUT2D eigenvalue weighted by Gasteiger charge is -2.40. The fraction of sp³-hybridized carbons (Fsp3) is 0.318.